The van der Waals surface area contributed by atoms with Crippen LogP contribution in [0.3, 0.4) is 0 Å². The lowest BCUT2D eigenvalue weighted by atomic mass is 10.1. The van der Waals surface area contributed by atoms with Gasteiger partial charge in [0.2, 0.25) is 0 Å². The number of rotatable bonds is 5. The van der Waals surface area contributed by atoms with Gasteiger partial charge in [0.1, 0.15) is 11.9 Å². The largest absolute Gasteiger partial charge is 0.373 e. The van der Waals surface area contributed by atoms with Crippen molar-refractivity contribution >= 4 is 5.82 Å². The molecule has 1 atom stereocenters. The van der Waals surface area contributed by atoms with Crippen molar-refractivity contribution in [2.24, 2.45) is 0 Å². The molecule has 1 aromatic rings. The number of nitrogens with zero attached hydrogens (tertiary/aromatic N) is 2. The van der Waals surface area contributed by atoms with Crippen LogP contribution in [-0.2, 0) is 4.74 Å². The summed E-state index contributed by atoms with van der Waals surface area (Å²) in [6.07, 6.45) is 2.00. The fraction of sp³-hybridized carbons (Fsp3) is 0.667. The van der Waals surface area contributed by atoms with Crippen LogP contribution in [0.25, 0.3) is 0 Å². The van der Waals surface area contributed by atoms with Gasteiger partial charge in [0.15, 0.2) is 5.82 Å². The molecule has 0 fully saturated rings. The second kappa shape index (κ2) is 5.80. The van der Waals surface area contributed by atoms with E-state index in [-0.39, 0.29) is 6.10 Å². The maximum atomic E-state index is 5.42. The van der Waals surface area contributed by atoms with Gasteiger partial charge in [-0.05, 0) is 20.3 Å². The van der Waals surface area contributed by atoms with Crippen molar-refractivity contribution in [3.8, 4) is 0 Å². The Morgan fingerprint density at radius 1 is 1.31 bits per heavy atom. The number of hydrogen-bond acceptors (Lipinski definition) is 4. The van der Waals surface area contributed by atoms with E-state index in [1.165, 1.54) is 0 Å². The van der Waals surface area contributed by atoms with Gasteiger partial charge in [-0.25, -0.2) is 9.97 Å². The summed E-state index contributed by atoms with van der Waals surface area (Å²) in [6, 6.07) is 0. The van der Waals surface area contributed by atoms with Crippen LogP contribution in [0.5, 0.6) is 0 Å². The minimum atomic E-state index is -0.00333. The third-order valence-electron chi connectivity index (χ3n) is 2.77. The molecule has 0 aliphatic heterocycles. The molecule has 1 rings (SSSR count). The third kappa shape index (κ3) is 2.70. The van der Waals surface area contributed by atoms with Crippen LogP contribution >= 0.6 is 0 Å². The molecule has 90 valence electrons. The molecule has 0 amide bonds. The highest BCUT2D eigenvalue weighted by Gasteiger charge is 2.15. The quantitative estimate of drug-likeness (QED) is 0.833. The van der Waals surface area contributed by atoms with Gasteiger partial charge in [0.25, 0.3) is 0 Å². The molecular weight excluding hydrogens is 202 g/mol. The molecule has 0 aromatic carbocycles. The van der Waals surface area contributed by atoms with E-state index in [0.29, 0.717) is 0 Å². The van der Waals surface area contributed by atoms with Gasteiger partial charge in [-0.2, -0.15) is 0 Å². The first-order valence-corrected chi connectivity index (χ1v) is 5.69. The Bertz CT molecular complexity index is 352. The molecule has 1 N–H and O–H groups in total. The summed E-state index contributed by atoms with van der Waals surface area (Å²) < 4.78 is 5.42. The van der Waals surface area contributed by atoms with Crippen molar-refractivity contribution in [1.29, 1.82) is 0 Å². The average molecular weight is 223 g/mol. The maximum absolute atomic E-state index is 5.42. The maximum Gasteiger partial charge on any atom is 0.159 e. The third-order valence-corrected chi connectivity index (χ3v) is 2.77. The first-order valence-electron chi connectivity index (χ1n) is 5.69. The predicted molar refractivity (Wildman–Crippen MR) is 65.7 cm³/mol. The van der Waals surface area contributed by atoms with Crippen molar-refractivity contribution in [2.75, 3.05) is 19.5 Å². The van der Waals surface area contributed by atoms with E-state index in [4.69, 9.17) is 4.74 Å². The van der Waals surface area contributed by atoms with Gasteiger partial charge in [-0.3, -0.25) is 0 Å². The molecule has 0 aliphatic rings. The lowest BCUT2D eigenvalue weighted by molar-refractivity contribution is 0.0875. The van der Waals surface area contributed by atoms with Crippen LogP contribution in [0.15, 0.2) is 0 Å². The van der Waals surface area contributed by atoms with Crippen molar-refractivity contribution in [3.05, 3.63) is 17.1 Å². The van der Waals surface area contributed by atoms with Crippen LogP contribution in [0.4, 0.5) is 5.82 Å². The smallest absolute Gasteiger partial charge is 0.159 e. The monoisotopic (exact) mass is 223 g/mol. The molecule has 16 heavy (non-hydrogen) atoms. The van der Waals surface area contributed by atoms with E-state index in [1.54, 1.807) is 7.11 Å². The number of anilines is 1. The SMILES string of the molecule is CCCC(OC)c1nc(C)c(C)c(NC)n1. The normalized spacial score (nSPS) is 12.6. The average Bonchev–Trinajstić information content (AvgIpc) is 2.29. The zero-order valence-corrected chi connectivity index (χ0v) is 10.8. The number of nitrogens with one attached hydrogen (secondary N) is 1. The van der Waals surface area contributed by atoms with E-state index < -0.39 is 0 Å². The molecule has 0 saturated carbocycles. The van der Waals surface area contributed by atoms with Crippen LogP contribution in [-0.4, -0.2) is 24.1 Å². The van der Waals surface area contributed by atoms with Crippen LogP contribution in [0, 0.1) is 13.8 Å². The lowest BCUT2D eigenvalue weighted by Crippen LogP contribution is -2.11. The van der Waals surface area contributed by atoms with Gasteiger partial charge < -0.3 is 10.1 Å². The summed E-state index contributed by atoms with van der Waals surface area (Å²) in [5.74, 6) is 1.66. The summed E-state index contributed by atoms with van der Waals surface area (Å²) in [6.45, 7) is 6.15. The molecule has 4 heteroatoms. The van der Waals surface area contributed by atoms with E-state index in [1.807, 2.05) is 20.9 Å². The lowest BCUT2D eigenvalue weighted by Gasteiger charge is -2.16. The van der Waals surface area contributed by atoms with Crippen LogP contribution < -0.4 is 5.32 Å². The van der Waals surface area contributed by atoms with E-state index >= 15 is 0 Å². The topological polar surface area (TPSA) is 47.0 Å². The second-order valence-corrected chi connectivity index (χ2v) is 3.90. The fourth-order valence-electron chi connectivity index (χ4n) is 1.65. The van der Waals surface area contributed by atoms with Crippen LogP contribution in [0.2, 0.25) is 0 Å². The Kier molecular flexibility index (Phi) is 4.68. The highest BCUT2D eigenvalue weighted by atomic mass is 16.5. The minimum absolute atomic E-state index is 0.00333. The second-order valence-electron chi connectivity index (χ2n) is 3.90. The Balaban J connectivity index is 3.08. The molecule has 0 saturated heterocycles. The molecular formula is C12H21N3O. The van der Waals surface area contributed by atoms with Gasteiger partial charge in [-0.1, -0.05) is 13.3 Å². The van der Waals surface area contributed by atoms with Gasteiger partial charge >= 0.3 is 0 Å². The number of methoxy groups -OCH3 is 1. The molecule has 0 radical (unpaired) electrons. The summed E-state index contributed by atoms with van der Waals surface area (Å²) in [4.78, 5) is 8.99. The van der Waals surface area contributed by atoms with Crippen molar-refractivity contribution in [3.63, 3.8) is 0 Å². The number of hydrogen-bond donors (Lipinski definition) is 1. The molecule has 1 heterocycles. The van der Waals surface area contributed by atoms with Crippen molar-refractivity contribution in [2.45, 2.75) is 39.7 Å². The highest BCUT2D eigenvalue weighted by molar-refractivity contribution is 5.44. The summed E-state index contributed by atoms with van der Waals surface area (Å²) >= 11 is 0. The molecule has 4 nitrogen and oxygen atoms in total. The van der Waals surface area contributed by atoms with Crippen molar-refractivity contribution in [1.82, 2.24) is 9.97 Å². The van der Waals surface area contributed by atoms with E-state index in [0.717, 1.165) is 35.7 Å². The Labute approximate surface area is 97.5 Å². The summed E-state index contributed by atoms with van der Waals surface area (Å²) in [5, 5.41) is 3.09. The Morgan fingerprint density at radius 3 is 2.50 bits per heavy atom. The van der Waals surface area contributed by atoms with Crippen molar-refractivity contribution < 1.29 is 4.74 Å². The Morgan fingerprint density at radius 2 is 2.00 bits per heavy atom. The van der Waals surface area contributed by atoms with Crippen LogP contribution in [0.1, 0.15) is 43.0 Å². The molecule has 1 unspecified atom stereocenters. The zero-order chi connectivity index (χ0) is 12.1. The molecule has 0 bridgehead atoms. The van der Waals surface area contributed by atoms with E-state index in [2.05, 4.69) is 22.2 Å². The number of aryl methyl sites for hydroxylation is 1. The molecule has 1 aromatic heterocycles. The minimum Gasteiger partial charge on any atom is -0.373 e. The highest BCUT2D eigenvalue weighted by Crippen LogP contribution is 2.22. The first kappa shape index (κ1) is 12.9. The standard InChI is InChI=1S/C12H21N3O/c1-6-7-10(16-5)12-14-9(3)8(2)11(13-4)15-12/h10H,6-7H2,1-5H3,(H,13,14,15). The summed E-state index contributed by atoms with van der Waals surface area (Å²) in [5.41, 5.74) is 2.10. The summed E-state index contributed by atoms with van der Waals surface area (Å²) in [7, 11) is 3.58. The van der Waals surface area contributed by atoms with Gasteiger partial charge in [0, 0.05) is 25.4 Å². The van der Waals surface area contributed by atoms with E-state index in [9.17, 15) is 0 Å². The Hall–Kier alpha value is -1.16. The first-order chi connectivity index (χ1) is 7.63. The predicted octanol–water partition coefficient (Wildman–Crippen LogP) is 2.62. The molecule has 0 aliphatic carbocycles. The fourth-order valence-corrected chi connectivity index (χ4v) is 1.65. The molecule has 0 spiro atoms. The zero-order valence-electron chi connectivity index (χ0n) is 10.8. The van der Waals surface area contributed by atoms with Gasteiger partial charge in [-0.15, -0.1) is 0 Å². The van der Waals surface area contributed by atoms with Gasteiger partial charge in [0.05, 0.1) is 0 Å². The number of ether oxygens (including phenoxy) is 1. The number of aromatic nitrogens is 2.